The molecule has 0 radical (unpaired) electrons. The third-order valence-corrected chi connectivity index (χ3v) is 10.2. The van der Waals surface area contributed by atoms with Crippen LogP contribution in [-0.4, -0.2) is 44.7 Å². The molecule has 166 valence electrons. The molecule has 4 saturated carbocycles. The molecule has 4 aliphatic carbocycles. The normalized spacial score (nSPS) is 52.9. The van der Waals surface area contributed by atoms with Gasteiger partial charge >= 0.3 is 5.97 Å². The topological polar surface area (TPSA) is 98.0 Å². The number of hydrogen-bond donors (Lipinski definition) is 4. The first-order chi connectivity index (χ1) is 13.6. The van der Waals surface area contributed by atoms with Crippen molar-refractivity contribution in [3.63, 3.8) is 0 Å². The Kier molecular flexibility index (Phi) is 5.57. The molecular formula is C24H40O5. The predicted molar refractivity (Wildman–Crippen MR) is 110 cm³/mol. The van der Waals surface area contributed by atoms with Crippen LogP contribution in [0.25, 0.3) is 0 Å². The molecule has 0 heterocycles. The maximum absolute atomic E-state index is 11.3. The lowest BCUT2D eigenvalue weighted by atomic mass is 9.43. The molecule has 5 nitrogen and oxygen atoms in total. The molecule has 0 aromatic carbocycles. The summed E-state index contributed by atoms with van der Waals surface area (Å²) in [7, 11) is 0. The van der Waals surface area contributed by atoms with Crippen molar-refractivity contribution in [2.75, 3.05) is 0 Å². The molecule has 11 atom stereocenters. The maximum Gasteiger partial charge on any atom is 0.303 e. The van der Waals surface area contributed by atoms with Crippen LogP contribution in [0.1, 0.15) is 78.6 Å². The van der Waals surface area contributed by atoms with Gasteiger partial charge in [-0.1, -0.05) is 20.8 Å². The summed E-state index contributed by atoms with van der Waals surface area (Å²) in [5.74, 6) is 0.881. The fourth-order valence-electron chi connectivity index (χ4n) is 8.82. The van der Waals surface area contributed by atoms with Crippen molar-refractivity contribution in [2.45, 2.75) is 96.9 Å². The van der Waals surface area contributed by atoms with Crippen LogP contribution < -0.4 is 0 Å². The Labute approximate surface area is 174 Å². The molecule has 0 aliphatic heterocycles. The highest BCUT2D eigenvalue weighted by Gasteiger charge is 2.64. The van der Waals surface area contributed by atoms with E-state index >= 15 is 0 Å². The summed E-state index contributed by atoms with van der Waals surface area (Å²) in [6.07, 6.45) is 6.14. The smallest absolute Gasteiger partial charge is 0.303 e. The minimum absolute atomic E-state index is 0.0309. The van der Waals surface area contributed by atoms with Crippen LogP contribution in [0, 0.1) is 46.3 Å². The zero-order chi connectivity index (χ0) is 21.1. The Hall–Kier alpha value is -0.650. The molecule has 0 saturated heterocycles. The van der Waals surface area contributed by atoms with Crippen molar-refractivity contribution in [1.29, 1.82) is 0 Å². The summed E-state index contributed by atoms with van der Waals surface area (Å²) in [5, 5.41) is 41.6. The first-order valence-electron chi connectivity index (χ1n) is 11.8. The quantitative estimate of drug-likeness (QED) is 0.571. The zero-order valence-corrected chi connectivity index (χ0v) is 18.3. The highest BCUT2D eigenvalue weighted by atomic mass is 16.4. The van der Waals surface area contributed by atoms with Crippen molar-refractivity contribution in [1.82, 2.24) is 0 Å². The molecule has 1 unspecified atom stereocenters. The number of carboxylic acid groups (broad SMARTS) is 1. The molecule has 29 heavy (non-hydrogen) atoms. The lowest BCUT2D eigenvalue weighted by Crippen LogP contribution is -2.58. The highest BCUT2D eigenvalue weighted by Crippen LogP contribution is 2.68. The minimum atomic E-state index is -0.768. The van der Waals surface area contributed by atoms with Crippen LogP contribution in [0.4, 0.5) is 0 Å². The van der Waals surface area contributed by atoms with E-state index in [1.54, 1.807) is 0 Å². The number of aliphatic hydroxyl groups is 3. The van der Waals surface area contributed by atoms with E-state index in [4.69, 9.17) is 5.11 Å². The highest BCUT2D eigenvalue weighted by molar-refractivity contribution is 5.66. The van der Waals surface area contributed by atoms with E-state index in [2.05, 4.69) is 20.8 Å². The van der Waals surface area contributed by atoms with E-state index in [9.17, 15) is 20.1 Å². The Morgan fingerprint density at radius 3 is 2.34 bits per heavy atom. The summed E-state index contributed by atoms with van der Waals surface area (Å²) in [6.45, 7) is 6.81. The van der Waals surface area contributed by atoms with Crippen LogP contribution in [0.5, 0.6) is 0 Å². The van der Waals surface area contributed by atoms with E-state index in [0.717, 1.165) is 44.9 Å². The summed E-state index contributed by atoms with van der Waals surface area (Å²) >= 11 is 0. The monoisotopic (exact) mass is 408 g/mol. The van der Waals surface area contributed by atoms with Gasteiger partial charge in [0, 0.05) is 6.42 Å². The first kappa shape index (κ1) is 21.6. The van der Waals surface area contributed by atoms with Gasteiger partial charge in [0.2, 0.25) is 0 Å². The summed E-state index contributed by atoms with van der Waals surface area (Å²) < 4.78 is 0. The fourth-order valence-corrected chi connectivity index (χ4v) is 8.82. The second-order valence-electron chi connectivity index (χ2n) is 11.5. The Balaban J connectivity index is 1.59. The summed E-state index contributed by atoms with van der Waals surface area (Å²) in [5.41, 5.74) is 0.152. The van der Waals surface area contributed by atoms with Gasteiger partial charge in [0.15, 0.2) is 0 Å². The average Bonchev–Trinajstić information content (AvgIpc) is 2.91. The summed E-state index contributed by atoms with van der Waals surface area (Å²) in [6, 6.07) is 0. The average molecular weight is 409 g/mol. The molecule has 0 spiro atoms. The number of rotatable bonds is 4. The van der Waals surface area contributed by atoms with Gasteiger partial charge < -0.3 is 20.4 Å². The minimum Gasteiger partial charge on any atom is -0.481 e. The second-order valence-corrected chi connectivity index (χ2v) is 11.5. The standard InChI is InChI=1S/C24H40O5/c1-13(4-5-20(28)29)22-19(27)12-17-21-16(7-9-24(17,22)3)23(2)8-6-15(25)10-14(23)11-18(21)26/h13-19,21-22,25-27H,4-12H2,1-3H3,(H,28,29)/t13-,14+,15-,16+,17+,18-,19-,21-,22+,23+,24?/m1/s1. The van der Waals surface area contributed by atoms with Gasteiger partial charge in [-0.25, -0.2) is 0 Å². The van der Waals surface area contributed by atoms with Crippen molar-refractivity contribution in [2.24, 2.45) is 46.3 Å². The zero-order valence-electron chi connectivity index (χ0n) is 18.3. The molecule has 0 bridgehead atoms. The predicted octanol–water partition coefficient (Wildman–Crippen LogP) is 3.45. The summed E-state index contributed by atoms with van der Waals surface area (Å²) in [4.78, 5) is 11.1. The molecule has 4 rings (SSSR count). The molecule has 4 aliphatic rings. The number of aliphatic carboxylic acids is 1. The Morgan fingerprint density at radius 1 is 0.966 bits per heavy atom. The number of fused-ring (bicyclic) bond motifs is 5. The molecule has 4 fully saturated rings. The van der Waals surface area contributed by atoms with Gasteiger partial charge in [0.05, 0.1) is 18.3 Å². The molecule has 0 aromatic heterocycles. The lowest BCUT2D eigenvalue weighted by molar-refractivity contribution is -0.174. The number of carboxylic acids is 1. The largest absolute Gasteiger partial charge is 0.481 e. The number of carbonyl (C=O) groups is 1. The van der Waals surface area contributed by atoms with Crippen LogP contribution in [0.3, 0.4) is 0 Å². The van der Waals surface area contributed by atoms with E-state index in [1.165, 1.54) is 0 Å². The van der Waals surface area contributed by atoms with Crippen molar-refractivity contribution in [3.05, 3.63) is 0 Å². The van der Waals surface area contributed by atoms with E-state index in [-0.39, 0.29) is 47.2 Å². The van der Waals surface area contributed by atoms with Crippen molar-refractivity contribution >= 4 is 5.97 Å². The third kappa shape index (κ3) is 3.36. The van der Waals surface area contributed by atoms with Crippen LogP contribution in [-0.2, 0) is 4.79 Å². The van der Waals surface area contributed by atoms with Gasteiger partial charge in [-0.2, -0.15) is 0 Å². The van der Waals surface area contributed by atoms with Crippen LogP contribution in [0.2, 0.25) is 0 Å². The fraction of sp³-hybridized carbons (Fsp3) is 0.958. The van der Waals surface area contributed by atoms with Gasteiger partial charge in [-0.05, 0) is 97.7 Å². The lowest BCUT2D eigenvalue weighted by Gasteiger charge is -2.62. The molecule has 4 N–H and O–H groups in total. The second kappa shape index (κ2) is 7.49. The number of aliphatic hydroxyl groups excluding tert-OH is 3. The van der Waals surface area contributed by atoms with Crippen LogP contribution >= 0.6 is 0 Å². The SMILES string of the molecule is C[C@H](CCC(=O)O)[C@H]1[C@H](O)C[C@H]2[C@@H]3[C@H](O)C[C@@H]4C[C@H](O)CC[C@]4(C)[C@H]3CCC12C. The molecule has 0 amide bonds. The van der Waals surface area contributed by atoms with E-state index in [0.29, 0.717) is 24.2 Å². The maximum atomic E-state index is 11.3. The third-order valence-electron chi connectivity index (χ3n) is 10.2. The van der Waals surface area contributed by atoms with Gasteiger partial charge in [-0.3, -0.25) is 4.79 Å². The van der Waals surface area contributed by atoms with E-state index < -0.39 is 12.1 Å². The Bertz CT molecular complexity index is 637. The van der Waals surface area contributed by atoms with Gasteiger partial charge in [-0.15, -0.1) is 0 Å². The van der Waals surface area contributed by atoms with Gasteiger partial charge in [0.25, 0.3) is 0 Å². The molecular weight excluding hydrogens is 368 g/mol. The van der Waals surface area contributed by atoms with Crippen LogP contribution in [0.15, 0.2) is 0 Å². The molecule has 0 aromatic rings. The first-order valence-corrected chi connectivity index (χ1v) is 11.8. The Morgan fingerprint density at radius 2 is 1.66 bits per heavy atom. The van der Waals surface area contributed by atoms with Crippen molar-refractivity contribution in [3.8, 4) is 0 Å². The molecule has 5 heteroatoms. The van der Waals surface area contributed by atoms with E-state index in [1.807, 2.05) is 0 Å². The number of hydrogen-bond acceptors (Lipinski definition) is 4. The van der Waals surface area contributed by atoms with Gasteiger partial charge in [0.1, 0.15) is 0 Å². The van der Waals surface area contributed by atoms with Crippen molar-refractivity contribution < 1.29 is 25.2 Å².